The fourth-order valence-corrected chi connectivity index (χ4v) is 4.05. The van der Waals surface area contributed by atoms with E-state index in [4.69, 9.17) is 5.26 Å². The number of rotatable bonds is 6. The van der Waals surface area contributed by atoms with Crippen LogP contribution in [0.15, 0.2) is 30.6 Å². The highest BCUT2D eigenvalue weighted by molar-refractivity contribution is 5.78. The Bertz CT molecular complexity index is 656. The second-order valence-electron chi connectivity index (χ2n) is 7.42. The molecule has 0 saturated heterocycles. The highest BCUT2D eigenvalue weighted by Crippen LogP contribution is 2.28. The maximum Gasteiger partial charge on any atom is 0.234 e. The van der Waals surface area contributed by atoms with Gasteiger partial charge in [-0.25, -0.2) is 0 Å². The number of nitrogens with one attached hydrogen (secondary N) is 1. The van der Waals surface area contributed by atoms with Gasteiger partial charge in [-0.15, -0.1) is 0 Å². The number of pyridine rings is 1. The summed E-state index contributed by atoms with van der Waals surface area (Å²) in [5.74, 6) is 0.644. The zero-order chi connectivity index (χ0) is 18.2. The van der Waals surface area contributed by atoms with Gasteiger partial charge in [0.2, 0.25) is 5.91 Å². The third-order valence-corrected chi connectivity index (χ3v) is 5.65. The van der Waals surface area contributed by atoms with E-state index < -0.39 is 0 Å². The predicted molar refractivity (Wildman–Crippen MR) is 102 cm³/mol. The van der Waals surface area contributed by atoms with Crippen molar-refractivity contribution in [3.63, 3.8) is 0 Å². The molecule has 1 aliphatic carbocycles. The van der Waals surface area contributed by atoms with Crippen LogP contribution in [0.25, 0.3) is 5.57 Å². The van der Waals surface area contributed by atoms with E-state index in [1.165, 1.54) is 30.4 Å². The number of nitrogens with zero attached hydrogens (tertiary/aromatic N) is 3. The predicted octanol–water partition coefficient (Wildman–Crippen LogP) is 3.15. The Kier molecular flexibility index (Phi) is 6.79. The topological polar surface area (TPSA) is 69.0 Å². The van der Waals surface area contributed by atoms with Crippen molar-refractivity contribution < 1.29 is 4.79 Å². The number of carbonyl (C=O) groups is 1. The normalized spacial score (nSPS) is 23.7. The summed E-state index contributed by atoms with van der Waals surface area (Å²) < 4.78 is 0. The summed E-state index contributed by atoms with van der Waals surface area (Å²) in [5.41, 5.74) is 2.74. The second kappa shape index (κ2) is 9.49. The largest absolute Gasteiger partial charge is 0.352 e. The molecule has 138 valence electrons. The van der Waals surface area contributed by atoms with Gasteiger partial charge in [0.1, 0.15) is 6.42 Å². The van der Waals surface area contributed by atoms with E-state index in [0.717, 1.165) is 44.8 Å². The summed E-state index contributed by atoms with van der Waals surface area (Å²) in [6, 6.07) is 6.37. The number of amides is 1. The zero-order valence-electron chi connectivity index (χ0n) is 15.4. The molecular formula is C21H28N4O. The minimum atomic E-state index is -0.124. The van der Waals surface area contributed by atoms with Gasteiger partial charge >= 0.3 is 0 Å². The van der Waals surface area contributed by atoms with Gasteiger partial charge in [0, 0.05) is 31.5 Å². The van der Waals surface area contributed by atoms with Gasteiger partial charge in [0.15, 0.2) is 0 Å². The molecular weight excluding hydrogens is 324 g/mol. The van der Waals surface area contributed by atoms with Crippen LogP contribution >= 0.6 is 0 Å². The van der Waals surface area contributed by atoms with E-state index in [0.29, 0.717) is 0 Å². The first-order valence-electron chi connectivity index (χ1n) is 9.72. The van der Waals surface area contributed by atoms with E-state index in [1.54, 1.807) is 0 Å². The SMILES string of the molecule is N#CCC(=O)N[C@H]1CC[C@H](CCN2CC=C(c3ccncc3)CC2)CC1. The Morgan fingerprint density at radius 1 is 1.27 bits per heavy atom. The molecule has 1 aromatic rings. The monoisotopic (exact) mass is 352 g/mol. The maximum absolute atomic E-state index is 11.5. The van der Waals surface area contributed by atoms with Crippen LogP contribution in [-0.2, 0) is 4.79 Å². The molecule has 1 fully saturated rings. The molecule has 1 saturated carbocycles. The Morgan fingerprint density at radius 3 is 2.69 bits per heavy atom. The zero-order valence-corrected chi connectivity index (χ0v) is 15.4. The Hall–Kier alpha value is -2.19. The van der Waals surface area contributed by atoms with Crippen molar-refractivity contribution in [3.05, 3.63) is 36.2 Å². The molecule has 0 radical (unpaired) electrons. The van der Waals surface area contributed by atoms with Gasteiger partial charge in [0.25, 0.3) is 0 Å². The molecule has 0 spiro atoms. The van der Waals surface area contributed by atoms with Crippen molar-refractivity contribution >= 4 is 11.5 Å². The summed E-state index contributed by atoms with van der Waals surface area (Å²) >= 11 is 0. The number of hydrogen-bond acceptors (Lipinski definition) is 4. The first kappa shape index (κ1) is 18.6. The molecule has 0 aromatic carbocycles. The quantitative estimate of drug-likeness (QED) is 0.854. The highest BCUT2D eigenvalue weighted by Gasteiger charge is 2.23. The van der Waals surface area contributed by atoms with Crippen molar-refractivity contribution in [2.24, 2.45) is 5.92 Å². The van der Waals surface area contributed by atoms with Crippen LogP contribution in [0.5, 0.6) is 0 Å². The number of carbonyl (C=O) groups excluding carboxylic acids is 1. The molecule has 1 N–H and O–H groups in total. The van der Waals surface area contributed by atoms with Crippen LogP contribution in [-0.4, -0.2) is 41.5 Å². The molecule has 5 heteroatoms. The minimum Gasteiger partial charge on any atom is -0.352 e. The van der Waals surface area contributed by atoms with Crippen molar-refractivity contribution in [1.82, 2.24) is 15.2 Å². The van der Waals surface area contributed by atoms with Crippen LogP contribution in [0.2, 0.25) is 0 Å². The molecule has 1 aromatic heterocycles. The minimum absolute atomic E-state index is 0.0239. The van der Waals surface area contributed by atoms with Crippen molar-refractivity contribution in [2.75, 3.05) is 19.6 Å². The summed E-state index contributed by atoms with van der Waals surface area (Å²) in [4.78, 5) is 18.1. The number of aromatic nitrogens is 1. The van der Waals surface area contributed by atoms with Gasteiger partial charge in [0.05, 0.1) is 6.07 Å². The van der Waals surface area contributed by atoms with Gasteiger partial charge in [-0.1, -0.05) is 6.08 Å². The summed E-state index contributed by atoms with van der Waals surface area (Å²) in [5, 5.41) is 11.5. The Balaban J connectivity index is 1.35. The first-order valence-corrected chi connectivity index (χ1v) is 9.72. The Morgan fingerprint density at radius 2 is 2.04 bits per heavy atom. The van der Waals surface area contributed by atoms with Gasteiger partial charge in [-0.3, -0.25) is 14.7 Å². The molecule has 0 atom stereocenters. The van der Waals surface area contributed by atoms with E-state index >= 15 is 0 Å². The smallest absolute Gasteiger partial charge is 0.234 e. The molecule has 2 aliphatic rings. The summed E-state index contributed by atoms with van der Waals surface area (Å²) in [6.07, 6.45) is 12.9. The molecule has 26 heavy (non-hydrogen) atoms. The molecule has 3 rings (SSSR count). The molecule has 1 amide bonds. The maximum atomic E-state index is 11.5. The van der Waals surface area contributed by atoms with E-state index in [2.05, 4.69) is 33.4 Å². The van der Waals surface area contributed by atoms with E-state index in [-0.39, 0.29) is 18.4 Å². The number of hydrogen-bond donors (Lipinski definition) is 1. The van der Waals surface area contributed by atoms with Gasteiger partial charge < -0.3 is 5.32 Å². The van der Waals surface area contributed by atoms with Gasteiger partial charge in [-0.05, 0) is 74.3 Å². The summed E-state index contributed by atoms with van der Waals surface area (Å²) in [6.45, 7) is 3.33. The lowest BCUT2D eigenvalue weighted by molar-refractivity contribution is -0.121. The standard InChI is InChI=1S/C21H28N4O/c22-11-5-21(26)24-20-3-1-17(2-4-20)8-14-25-15-9-19(10-16-25)18-6-12-23-13-7-18/h6-7,9,12-13,17,20H,1-5,8,10,14-16H2,(H,24,26)/t17-,20-. The van der Waals surface area contributed by atoms with Crippen LogP contribution in [0, 0.1) is 17.2 Å². The van der Waals surface area contributed by atoms with E-state index in [1.807, 2.05) is 18.5 Å². The van der Waals surface area contributed by atoms with Gasteiger partial charge in [-0.2, -0.15) is 5.26 Å². The van der Waals surface area contributed by atoms with Crippen molar-refractivity contribution in [2.45, 2.75) is 51.0 Å². The average molecular weight is 352 g/mol. The average Bonchev–Trinajstić information content (AvgIpc) is 2.69. The van der Waals surface area contributed by atoms with Crippen LogP contribution in [0.3, 0.4) is 0 Å². The molecule has 0 bridgehead atoms. The molecule has 1 aliphatic heterocycles. The fourth-order valence-electron chi connectivity index (χ4n) is 4.05. The van der Waals surface area contributed by atoms with Crippen LogP contribution in [0.4, 0.5) is 0 Å². The van der Waals surface area contributed by atoms with E-state index in [9.17, 15) is 4.79 Å². The third kappa shape index (κ3) is 5.40. The lowest BCUT2D eigenvalue weighted by Crippen LogP contribution is -2.38. The Labute approximate surface area is 156 Å². The van der Waals surface area contributed by atoms with Crippen molar-refractivity contribution in [1.29, 1.82) is 5.26 Å². The summed E-state index contributed by atoms with van der Waals surface area (Å²) in [7, 11) is 0. The van der Waals surface area contributed by atoms with Crippen LogP contribution in [0.1, 0.15) is 50.5 Å². The van der Waals surface area contributed by atoms with Crippen molar-refractivity contribution in [3.8, 4) is 6.07 Å². The lowest BCUT2D eigenvalue weighted by Gasteiger charge is -2.32. The first-order chi connectivity index (χ1) is 12.7. The molecule has 5 nitrogen and oxygen atoms in total. The highest BCUT2D eigenvalue weighted by atomic mass is 16.1. The number of nitriles is 1. The second-order valence-corrected chi connectivity index (χ2v) is 7.42. The molecule has 0 unspecified atom stereocenters. The third-order valence-electron chi connectivity index (χ3n) is 5.65. The fraction of sp³-hybridized carbons (Fsp3) is 0.571. The lowest BCUT2D eigenvalue weighted by atomic mass is 9.84. The van der Waals surface area contributed by atoms with Crippen LogP contribution < -0.4 is 5.32 Å². The molecule has 2 heterocycles.